The molecule has 0 saturated carbocycles. The number of nitrogens with one attached hydrogen (secondary N) is 1. The normalized spacial score (nSPS) is 35.3. The van der Waals surface area contributed by atoms with Gasteiger partial charge in [0.2, 0.25) is 0 Å². The van der Waals surface area contributed by atoms with Crippen LogP contribution in [0.4, 0.5) is 0 Å². The predicted molar refractivity (Wildman–Crippen MR) is 36.0 cm³/mol. The summed E-state index contributed by atoms with van der Waals surface area (Å²) in [5.41, 5.74) is 5.35. The van der Waals surface area contributed by atoms with Crippen molar-refractivity contribution in [1.29, 1.82) is 0 Å². The van der Waals surface area contributed by atoms with Crippen LogP contribution in [0, 0.1) is 0 Å². The summed E-state index contributed by atoms with van der Waals surface area (Å²) in [6.45, 7) is 3.69. The van der Waals surface area contributed by atoms with Crippen LogP contribution >= 0.6 is 0 Å². The molecule has 1 heterocycles. The van der Waals surface area contributed by atoms with Crippen LogP contribution in [-0.2, 0) is 4.74 Å². The minimum absolute atomic E-state index is 0.224. The van der Waals surface area contributed by atoms with E-state index in [1.807, 2.05) is 6.92 Å². The molecule has 0 aromatic rings. The third kappa shape index (κ3) is 1.93. The van der Waals surface area contributed by atoms with E-state index in [4.69, 9.17) is 10.5 Å². The van der Waals surface area contributed by atoms with Gasteiger partial charge in [0.15, 0.2) is 0 Å². The van der Waals surface area contributed by atoms with Gasteiger partial charge in [-0.1, -0.05) is 0 Å². The van der Waals surface area contributed by atoms with Gasteiger partial charge in [0.25, 0.3) is 0 Å². The Bertz CT molecular complexity index is 85.1. The number of rotatable bonds is 2. The van der Waals surface area contributed by atoms with Crippen molar-refractivity contribution in [2.75, 3.05) is 13.1 Å². The molecule has 1 rings (SSSR count). The number of hydrogen-bond acceptors (Lipinski definition) is 3. The molecule has 1 saturated heterocycles. The maximum Gasteiger partial charge on any atom is 0.105 e. The molecule has 1 aliphatic heterocycles. The fraction of sp³-hybridized carbons (Fsp3) is 1.00. The van der Waals surface area contributed by atoms with Gasteiger partial charge in [-0.15, -0.1) is 0 Å². The molecule has 0 bridgehead atoms. The van der Waals surface area contributed by atoms with Gasteiger partial charge in [-0.3, -0.25) is 5.32 Å². The second-order valence-electron chi connectivity index (χ2n) is 2.39. The Morgan fingerprint density at radius 3 is 3.00 bits per heavy atom. The molecule has 0 aliphatic carbocycles. The van der Waals surface area contributed by atoms with E-state index in [9.17, 15) is 0 Å². The summed E-state index contributed by atoms with van der Waals surface area (Å²) >= 11 is 0. The minimum atomic E-state index is 0.224. The first kappa shape index (κ1) is 6.99. The zero-order valence-electron chi connectivity index (χ0n) is 5.76. The molecule has 3 nitrogen and oxygen atoms in total. The van der Waals surface area contributed by atoms with Crippen molar-refractivity contribution in [2.45, 2.75) is 25.7 Å². The molecule has 9 heavy (non-hydrogen) atoms. The van der Waals surface area contributed by atoms with Crippen molar-refractivity contribution in [2.24, 2.45) is 5.73 Å². The standard InChI is InChI=1S/C6H14N2O/c1-5-8-4-6(9-5)2-3-7/h5-6,8H,2-4,7H2,1H3/t5-,6-/m0/s1. The summed E-state index contributed by atoms with van der Waals surface area (Å²) in [5.74, 6) is 0. The van der Waals surface area contributed by atoms with E-state index in [0.717, 1.165) is 19.5 Å². The first-order valence-electron chi connectivity index (χ1n) is 3.42. The summed E-state index contributed by atoms with van der Waals surface area (Å²) < 4.78 is 5.41. The van der Waals surface area contributed by atoms with Crippen LogP contribution in [0.3, 0.4) is 0 Å². The average molecular weight is 130 g/mol. The summed E-state index contributed by atoms with van der Waals surface area (Å²) in [6.07, 6.45) is 1.55. The van der Waals surface area contributed by atoms with Crippen LogP contribution in [0.1, 0.15) is 13.3 Å². The molecular weight excluding hydrogens is 116 g/mol. The molecule has 0 spiro atoms. The summed E-state index contributed by atoms with van der Waals surface area (Å²) in [7, 11) is 0. The second-order valence-corrected chi connectivity index (χ2v) is 2.39. The fourth-order valence-corrected chi connectivity index (χ4v) is 1.04. The minimum Gasteiger partial charge on any atom is -0.359 e. The van der Waals surface area contributed by atoms with E-state index in [0.29, 0.717) is 6.10 Å². The van der Waals surface area contributed by atoms with Gasteiger partial charge in [0.1, 0.15) is 6.23 Å². The van der Waals surface area contributed by atoms with Crippen LogP contribution in [0.15, 0.2) is 0 Å². The summed E-state index contributed by atoms with van der Waals surface area (Å²) in [6, 6.07) is 0. The zero-order valence-corrected chi connectivity index (χ0v) is 5.76. The van der Waals surface area contributed by atoms with Crippen LogP contribution in [0.5, 0.6) is 0 Å². The molecule has 0 unspecified atom stereocenters. The number of hydrogen-bond donors (Lipinski definition) is 2. The van der Waals surface area contributed by atoms with Gasteiger partial charge in [-0.05, 0) is 19.9 Å². The highest BCUT2D eigenvalue weighted by Gasteiger charge is 2.19. The third-order valence-electron chi connectivity index (χ3n) is 1.52. The highest BCUT2D eigenvalue weighted by molar-refractivity contribution is 4.70. The van der Waals surface area contributed by atoms with E-state index in [-0.39, 0.29) is 6.23 Å². The Labute approximate surface area is 55.6 Å². The lowest BCUT2D eigenvalue weighted by molar-refractivity contribution is 0.0502. The van der Waals surface area contributed by atoms with E-state index in [1.165, 1.54) is 0 Å². The molecule has 0 aromatic heterocycles. The van der Waals surface area contributed by atoms with Crippen molar-refractivity contribution >= 4 is 0 Å². The van der Waals surface area contributed by atoms with E-state index in [2.05, 4.69) is 5.32 Å². The highest BCUT2D eigenvalue weighted by Crippen LogP contribution is 2.05. The Balaban J connectivity index is 2.14. The number of ether oxygens (including phenoxy) is 1. The van der Waals surface area contributed by atoms with Crippen LogP contribution in [-0.4, -0.2) is 25.4 Å². The SMILES string of the molecule is C[C@H]1NC[C@H](CCN)O1. The Kier molecular flexibility index (Phi) is 2.45. The van der Waals surface area contributed by atoms with Crippen molar-refractivity contribution in [3.8, 4) is 0 Å². The van der Waals surface area contributed by atoms with Crippen LogP contribution < -0.4 is 11.1 Å². The third-order valence-corrected chi connectivity index (χ3v) is 1.52. The van der Waals surface area contributed by atoms with Crippen LogP contribution in [0.2, 0.25) is 0 Å². The van der Waals surface area contributed by atoms with Crippen molar-refractivity contribution in [1.82, 2.24) is 5.32 Å². The topological polar surface area (TPSA) is 47.3 Å². The van der Waals surface area contributed by atoms with Crippen molar-refractivity contribution in [3.63, 3.8) is 0 Å². The first-order chi connectivity index (χ1) is 4.33. The smallest absolute Gasteiger partial charge is 0.105 e. The van der Waals surface area contributed by atoms with Crippen molar-refractivity contribution < 1.29 is 4.74 Å². The fourth-order valence-electron chi connectivity index (χ4n) is 1.04. The lowest BCUT2D eigenvalue weighted by atomic mass is 10.3. The highest BCUT2D eigenvalue weighted by atomic mass is 16.5. The molecule has 1 fully saturated rings. The molecule has 54 valence electrons. The molecule has 0 aromatic carbocycles. The maximum atomic E-state index is 5.41. The molecule has 1 aliphatic rings. The monoisotopic (exact) mass is 130 g/mol. The maximum absolute atomic E-state index is 5.41. The first-order valence-corrected chi connectivity index (χ1v) is 3.42. The lowest BCUT2D eigenvalue weighted by Crippen LogP contribution is -2.18. The van der Waals surface area contributed by atoms with Gasteiger partial charge < -0.3 is 10.5 Å². The molecule has 0 radical (unpaired) electrons. The largest absolute Gasteiger partial charge is 0.359 e. The Morgan fingerprint density at radius 2 is 2.56 bits per heavy atom. The predicted octanol–water partition coefficient (Wildman–Crippen LogP) is -0.330. The van der Waals surface area contributed by atoms with Gasteiger partial charge in [0.05, 0.1) is 6.10 Å². The molecule has 3 heteroatoms. The van der Waals surface area contributed by atoms with Crippen LogP contribution in [0.25, 0.3) is 0 Å². The summed E-state index contributed by atoms with van der Waals surface area (Å²) in [4.78, 5) is 0. The van der Waals surface area contributed by atoms with E-state index < -0.39 is 0 Å². The Morgan fingerprint density at radius 1 is 1.78 bits per heavy atom. The average Bonchev–Trinajstić information content (AvgIpc) is 2.17. The van der Waals surface area contributed by atoms with Gasteiger partial charge in [-0.25, -0.2) is 0 Å². The summed E-state index contributed by atoms with van der Waals surface area (Å²) in [5, 5.41) is 3.18. The number of nitrogens with two attached hydrogens (primary N) is 1. The second kappa shape index (κ2) is 3.15. The van der Waals surface area contributed by atoms with E-state index >= 15 is 0 Å². The molecule has 0 amide bonds. The molecule has 2 atom stereocenters. The molecular formula is C6H14N2O. The van der Waals surface area contributed by atoms with Crippen molar-refractivity contribution in [3.05, 3.63) is 0 Å². The molecule has 3 N–H and O–H groups in total. The lowest BCUT2D eigenvalue weighted by Gasteiger charge is -2.06. The van der Waals surface area contributed by atoms with Gasteiger partial charge in [0, 0.05) is 6.54 Å². The van der Waals surface area contributed by atoms with E-state index in [1.54, 1.807) is 0 Å². The Hall–Kier alpha value is -0.120. The van der Waals surface area contributed by atoms with Gasteiger partial charge >= 0.3 is 0 Å². The quantitative estimate of drug-likeness (QED) is 0.538. The van der Waals surface area contributed by atoms with Gasteiger partial charge in [-0.2, -0.15) is 0 Å². The zero-order chi connectivity index (χ0) is 6.69.